The van der Waals surface area contributed by atoms with Crippen molar-refractivity contribution in [1.29, 1.82) is 0 Å². The van der Waals surface area contributed by atoms with Gasteiger partial charge in [0.15, 0.2) is 17.1 Å². The number of amides is 1. The molecule has 3 aromatic heterocycles. The lowest BCUT2D eigenvalue weighted by atomic mass is 10.0. The highest BCUT2D eigenvalue weighted by atomic mass is 35.5. The number of carbonyl (C=O) groups is 1. The normalized spacial score (nSPS) is 12.9. The van der Waals surface area contributed by atoms with Crippen LogP contribution in [0.1, 0.15) is 24.3 Å². The molecular formula is C29H24Cl2N6O3. The summed E-state index contributed by atoms with van der Waals surface area (Å²) in [7, 11) is 3.04. The predicted molar refractivity (Wildman–Crippen MR) is 157 cm³/mol. The second-order valence-corrected chi connectivity index (χ2v) is 10.1. The van der Waals surface area contributed by atoms with Gasteiger partial charge in [-0.1, -0.05) is 35.8 Å². The van der Waals surface area contributed by atoms with Gasteiger partial charge in [-0.05, 0) is 48.6 Å². The number of hydrogen-bond donors (Lipinski definition) is 2. The molecule has 1 amide bonds. The second kappa shape index (κ2) is 10.3. The maximum atomic E-state index is 12.1. The van der Waals surface area contributed by atoms with Crippen molar-refractivity contribution in [2.75, 3.05) is 24.9 Å². The Morgan fingerprint density at radius 2 is 1.93 bits per heavy atom. The van der Waals surface area contributed by atoms with Crippen LogP contribution in [0.5, 0.6) is 11.5 Å². The van der Waals surface area contributed by atoms with Crippen LogP contribution in [0.4, 0.5) is 17.3 Å². The van der Waals surface area contributed by atoms with Gasteiger partial charge in [-0.25, -0.2) is 9.97 Å². The second-order valence-electron chi connectivity index (χ2n) is 9.33. The molecule has 3 heterocycles. The number of nitrogens with zero attached hydrogens (tertiary/aromatic N) is 4. The Labute approximate surface area is 239 Å². The average molecular weight is 575 g/mol. The van der Waals surface area contributed by atoms with E-state index in [0.717, 1.165) is 18.2 Å². The molecule has 5 aromatic rings. The van der Waals surface area contributed by atoms with Gasteiger partial charge in [0.2, 0.25) is 11.9 Å². The minimum absolute atomic E-state index is 0.296. The number of hydrogen-bond acceptors (Lipinski definition) is 7. The summed E-state index contributed by atoms with van der Waals surface area (Å²) in [5, 5.41) is 7.56. The smallest absolute Gasteiger partial charge is 0.247 e. The van der Waals surface area contributed by atoms with Crippen molar-refractivity contribution >= 4 is 63.1 Å². The van der Waals surface area contributed by atoms with Crippen LogP contribution in [0.2, 0.25) is 10.0 Å². The van der Waals surface area contributed by atoms with Crippen LogP contribution in [0, 0.1) is 0 Å². The summed E-state index contributed by atoms with van der Waals surface area (Å²) in [4.78, 5) is 26.0. The Balaban J connectivity index is 1.44. The first-order chi connectivity index (χ1) is 19.4. The van der Waals surface area contributed by atoms with E-state index in [1.165, 1.54) is 25.9 Å². The maximum Gasteiger partial charge on any atom is 0.247 e. The fourth-order valence-electron chi connectivity index (χ4n) is 4.73. The van der Waals surface area contributed by atoms with E-state index in [1.807, 2.05) is 22.6 Å². The first kappa shape index (κ1) is 25.9. The van der Waals surface area contributed by atoms with Crippen molar-refractivity contribution < 1.29 is 14.3 Å². The number of rotatable bonds is 8. The first-order valence-electron chi connectivity index (χ1n) is 12.5. The van der Waals surface area contributed by atoms with E-state index in [2.05, 4.69) is 33.2 Å². The van der Waals surface area contributed by atoms with Crippen molar-refractivity contribution in [2.45, 2.75) is 18.8 Å². The van der Waals surface area contributed by atoms with Crippen LogP contribution in [-0.2, 0) is 4.79 Å². The molecule has 1 aliphatic carbocycles. The van der Waals surface area contributed by atoms with Crippen LogP contribution >= 0.6 is 23.2 Å². The van der Waals surface area contributed by atoms with Crippen LogP contribution < -0.4 is 20.1 Å². The number of pyridine rings is 1. The van der Waals surface area contributed by atoms with Gasteiger partial charge in [-0.2, -0.15) is 4.98 Å². The molecule has 0 spiro atoms. The van der Waals surface area contributed by atoms with Crippen LogP contribution in [-0.4, -0.2) is 39.5 Å². The molecular weight excluding hydrogens is 551 g/mol. The molecule has 0 atom stereocenters. The van der Waals surface area contributed by atoms with E-state index in [9.17, 15) is 4.79 Å². The molecule has 6 rings (SSSR count). The third-order valence-corrected chi connectivity index (χ3v) is 7.48. The Morgan fingerprint density at radius 3 is 2.65 bits per heavy atom. The van der Waals surface area contributed by atoms with Crippen LogP contribution in [0.3, 0.4) is 0 Å². The van der Waals surface area contributed by atoms with Crippen LogP contribution in [0.25, 0.3) is 27.8 Å². The number of carbonyl (C=O) groups excluding carboxylic acids is 1. The number of imidazole rings is 1. The van der Waals surface area contributed by atoms with Gasteiger partial charge in [-0.15, -0.1) is 0 Å². The number of aromatic nitrogens is 4. The molecule has 1 aliphatic rings. The summed E-state index contributed by atoms with van der Waals surface area (Å²) in [6.07, 6.45) is 8.73. The van der Waals surface area contributed by atoms with Gasteiger partial charge >= 0.3 is 0 Å². The molecule has 1 fully saturated rings. The molecule has 1 saturated carbocycles. The first-order valence-corrected chi connectivity index (χ1v) is 13.2. The standard InChI is InChI=1S/C29H24Cl2N6O3/c1-4-23(38)34-21-12-16(15-5-6-15)7-8-20(21)35-29-33-14-17-11-18(28-32-9-10-37(28)27(17)36-29)24-19(30)13-22(39-2)26(40-3)25(24)31/h4,7-15H,1,5-6H2,2-3H3,(H,34,38)(H,33,35,36). The molecule has 9 nitrogen and oxygen atoms in total. The van der Waals surface area contributed by atoms with Crippen molar-refractivity contribution in [1.82, 2.24) is 19.4 Å². The number of anilines is 3. The summed E-state index contributed by atoms with van der Waals surface area (Å²) in [5.74, 6) is 1.38. The fraction of sp³-hybridized carbons (Fsp3) is 0.172. The van der Waals surface area contributed by atoms with Crippen molar-refractivity contribution in [3.63, 3.8) is 0 Å². The summed E-state index contributed by atoms with van der Waals surface area (Å²) in [6, 6.07) is 9.52. The third kappa shape index (κ3) is 4.57. The van der Waals surface area contributed by atoms with Gasteiger partial charge < -0.3 is 20.1 Å². The van der Waals surface area contributed by atoms with Gasteiger partial charge in [0, 0.05) is 41.2 Å². The number of benzene rings is 2. The SMILES string of the molecule is C=CC(=O)Nc1cc(C2CC2)ccc1Nc1ncc2cc(-c3c(Cl)cc(OC)c(OC)c3Cl)c3nccn3c2n1. The summed E-state index contributed by atoms with van der Waals surface area (Å²) in [6.45, 7) is 3.56. The molecule has 2 N–H and O–H groups in total. The lowest BCUT2D eigenvalue weighted by Gasteiger charge is -2.16. The lowest BCUT2D eigenvalue weighted by molar-refractivity contribution is -0.111. The number of halogens is 2. The maximum absolute atomic E-state index is 12.1. The van der Waals surface area contributed by atoms with Gasteiger partial charge in [0.1, 0.15) is 5.65 Å². The number of fused-ring (bicyclic) bond motifs is 3. The largest absolute Gasteiger partial charge is 0.493 e. The highest BCUT2D eigenvalue weighted by Gasteiger charge is 2.25. The minimum Gasteiger partial charge on any atom is -0.493 e. The Morgan fingerprint density at radius 1 is 1.10 bits per heavy atom. The highest BCUT2D eigenvalue weighted by molar-refractivity contribution is 6.41. The average Bonchev–Trinajstić information content (AvgIpc) is 3.69. The van der Waals surface area contributed by atoms with Crippen molar-refractivity contribution in [2.24, 2.45) is 0 Å². The van der Waals surface area contributed by atoms with Crippen LogP contribution in [0.15, 0.2) is 61.6 Å². The third-order valence-electron chi connectivity index (χ3n) is 6.82. The van der Waals surface area contributed by atoms with E-state index in [-0.39, 0.29) is 5.91 Å². The summed E-state index contributed by atoms with van der Waals surface area (Å²) in [5.41, 5.74) is 4.95. The molecule has 0 aliphatic heterocycles. The highest BCUT2D eigenvalue weighted by Crippen LogP contribution is 2.47. The molecule has 0 saturated heterocycles. The van der Waals surface area contributed by atoms with Gasteiger partial charge in [0.05, 0.1) is 35.6 Å². The minimum atomic E-state index is -0.296. The monoisotopic (exact) mass is 574 g/mol. The lowest BCUT2D eigenvalue weighted by Crippen LogP contribution is -2.10. The number of methoxy groups -OCH3 is 2. The number of nitrogens with one attached hydrogen (secondary N) is 2. The van der Waals surface area contributed by atoms with E-state index in [4.69, 9.17) is 37.7 Å². The molecule has 2 aromatic carbocycles. The van der Waals surface area contributed by atoms with Gasteiger partial charge in [-0.3, -0.25) is 9.20 Å². The zero-order valence-electron chi connectivity index (χ0n) is 21.7. The summed E-state index contributed by atoms with van der Waals surface area (Å²) < 4.78 is 12.7. The predicted octanol–water partition coefficient (Wildman–Crippen LogP) is 7.01. The van der Waals surface area contributed by atoms with E-state index in [0.29, 0.717) is 67.2 Å². The number of ether oxygens (including phenoxy) is 2. The van der Waals surface area contributed by atoms with Crippen molar-refractivity contribution in [3.8, 4) is 22.6 Å². The van der Waals surface area contributed by atoms with Crippen molar-refractivity contribution in [3.05, 3.63) is 77.2 Å². The zero-order chi connectivity index (χ0) is 28.0. The molecule has 11 heteroatoms. The summed E-state index contributed by atoms with van der Waals surface area (Å²) >= 11 is 13.4. The quantitative estimate of drug-likeness (QED) is 0.192. The Bertz CT molecular complexity index is 1820. The fourth-order valence-corrected chi connectivity index (χ4v) is 5.45. The van der Waals surface area contributed by atoms with E-state index >= 15 is 0 Å². The molecule has 0 unspecified atom stereocenters. The Kier molecular flexibility index (Phi) is 6.69. The van der Waals surface area contributed by atoms with Gasteiger partial charge in [0.25, 0.3) is 0 Å². The molecule has 0 bridgehead atoms. The molecule has 202 valence electrons. The topological polar surface area (TPSA) is 103 Å². The van der Waals surface area contributed by atoms with E-state index in [1.54, 1.807) is 24.7 Å². The zero-order valence-corrected chi connectivity index (χ0v) is 23.2. The Hall–Kier alpha value is -4.34. The molecule has 0 radical (unpaired) electrons. The van der Waals surface area contributed by atoms with E-state index < -0.39 is 0 Å². The molecule has 40 heavy (non-hydrogen) atoms.